The summed E-state index contributed by atoms with van der Waals surface area (Å²) in [7, 11) is 1.43. The minimum atomic E-state index is -0.641. The van der Waals surface area contributed by atoms with Gasteiger partial charge in [-0.25, -0.2) is 0 Å². The summed E-state index contributed by atoms with van der Waals surface area (Å²) in [5.74, 6) is -0.225. The van der Waals surface area contributed by atoms with E-state index in [0.717, 1.165) is 0 Å². The molecule has 2 aromatic carbocycles. The average molecular weight is 495 g/mol. The minimum absolute atomic E-state index is 0.0371. The highest BCUT2D eigenvalue weighted by molar-refractivity contribution is 9.10. The number of phenolic OH excluding ortho intramolecular Hbond substituents is 2. The van der Waals surface area contributed by atoms with Crippen LogP contribution in [0.15, 0.2) is 34.8 Å². The molecule has 4 rings (SSSR count). The molecule has 1 unspecified atom stereocenters. The number of H-pyrrole nitrogens is 1. The van der Waals surface area contributed by atoms with Crippen LogP contribution < -0.4 is 4.74 Å². The molecule has 3 aromatic rings. The van der Waals surface area contributed by atoms with Crippen molar-refractivity contribution >= 4 is 33.4 Å². The average Bonchev–Trinajstić information content (AvgIpc) is 3.26. The number of aliphatic hydroxyl groups is 1. The fraction of sp³-hybridized carbons (Fsp3) is 0.200. The Hall–Kier alpha value is -2.75. The third-order valence-electron chi connectivity index (χ3n) is 5.00. The van der Waals surface area contributed by atoms with Gasteiger partial charge in [-0.15, -0.1) is 0 Å². The Kier molecular flexibility index (Phi) is 5.35. The number of aliphatic hydroxyl groups excluding tert-OH is 1. The number of aromatic nitrogens is 2. The monoisotopic (exact) mass is 493 g/mol. The van der Waals surface area contributed by atoms with Crippen LogP contribution in [0.5, 0.6) is 17.2 Å². The van der Waals surface area contributed by atoms with E-state index < -0.39 is 6.04 Å². The Balaban J connectivity index is 1.96. The van der Waals surface area contributed by atoms with Crippen LogP contribution in [0, 0.1) is 0 Å². The molecule has 10 heteroatoms. The lowest BCUT2D eigenvalue weighted by molar-refractivity contribution is 0.0706. The number of carbonyl (C=O) groups is 1. The summed E-state index contributed by atoms with van der Waals surface area (Å²) in [6.07, 6.45) is 0. The molecule has 30 heavy (non-hydrogen) atoms. The zero-order valence-corrected chi connectivity index (χ0v) is 18.0. The van der Waals surface area contributed by atoms with Gasteiger partial charge in [-0.2, -0.15) is 5.10 Å². The summed E-state index contributed by atoms with van der Waals surface area (Å²) in [5, 5.41) is 37.5. The van der Waals surface area contributed by atoms with Crippen LogP contribution in [0.1, 0.15) is 27.7 Å². The van der Waals surface area contributed by atoms with Crippen molar-refractivity contribution in [2.45, 2.75) is 6.04 Å². The molecule has 1 amide bonds. The van der Waals surface area contributed by atoms with Gasteiger partial charge >= 0.3 is 0 Å². The van der Waals surface area contributed by atoms with Crippen molar-refractivity contribution < 1.29 is 24.9 Å². The highest BCUT2D eigenvalue weighted by Gasteiger charge is 2.42. The molecule has 156 valence electrons. The van der Waals surface area contributed by atoms with E-state index in [4.69, 9.17) is 16.3 Å². The van der Waals surface area contributed by atoms with Gasteiger partial charge in [0.05, 0.1) is 24.2 Å². The van der Waals surface area contributed by atoms with Crippen molar-refractivity contribution in [2.75, 3.05) is 20.3 Å². The number of carbonyl (C=O) groups excluding carboxylic acids is 1. The van der Waals surface area contributed by atoms with Crippen molar-refractivity contribution in [3.63, 3.8) is 0 Å². The van der Waals surface area contributed by atoms with Crippen molar-refractivity contribution in [3.8, 4) is 28.5 Å². The number of hydrogen-bond acceptors (Lipinski definition) is 6. The van der Waals surface area contributed by atoms with Crippen LogP contribution in [0.2, 0.25) is 5.02 Å². The summed E-state index contributed by atoms with van der Waals surface area (Å²) in [6.45, 7) is -0.165. The quantitative estimate of drug-likeness (QED) is 0.431. The van der Waals surface area contributed by atoms with Gasteiger partial charge in [0.2, 0.25) is 0 Å². The van der Waals surface area contributed by atoms with E-state index in [2.05, 4.69) is 26.1 Å². The third-order valence-corrected chi connectivity index (χ3v) is 5.84. The molecule has 0 aliphatic carbocycles. The van der Waals surface area contributed by atoms with Crippen molar-refractivity contribution in [3.05, 3.63) is 56.6 Å². The fourth-order valence-corrected chi connectivity index (χ4v) is 4.32. The molecule has 1 aliphatic heterocycles. The Bertz CT molecular complexity index is 1150. The second kappa shape index (κ2) is 7.82. The number of benzene rings is 2. The number of fused-ring (bicyclic) bond motifs is 1. The number of nitrogens with one attached hydrogen (secondary N) is 1. The summed E-state index contributed by atoms with van der Waals surface area (Å²) in [6, 6.07) is 7.22. The zero-order valence-electron chi connectivity index (χ0n) is 15.7. The number of β-amino-alcohol motifs (C(OH)–C–C–N with tert-alkyl or cyclic N) is 1. The molecule has 2 heterocycles. The first kappa shape index (κ1) is 20.5. The SMILES string of the molecule is COc1cc(C2c3c(-c4cc(Cl)ccc4O)n[nH]c3C(=O)N2CCO)cc(Br)c1O. The van der Waals surface area contributed by atoms with Crippen molar-refractivity contribution in [1.82, 2.24) is 15.1 Å². The first-order valence-electron chi connectivity index (χ1n) is 8.92. The number of phenols is 2. The molecule has 0 saturated heterocycles. The smallest absolute Gasteiger partial charge is 0.273 e. The number of aromatic hydroxyl groups is 2. The molecule has 1 aromatic heterocycles. The molecule has 1 aliphatic rings. The van der Waals surface area contributed by atoms with E-state index >= 15 is 0 Å². The molecule has 0 bridgehead atoms. The number of amides is 1. The van der Waals surface area contributed by atoms with Gasteiger partial charge in [0, 0.05) is 22.7 Å². The lowest BCUT2D eigenvalue weighted by Crippen LogP contribution is -2.32. The highest BCUT2D eigenvalue weighted by Crippen LogP contribution is 2.47. The molecule has 0 saturated carbocycles. The Morgan fingerprint density at radius 1 is 1.30 bits per heavy atom. The maximum atomic E-state index is 13.0. The number of halogens is 2. The molecular formula is C20H17BrClN3O5. The lowest BCUT2D eigenvalue weighted by Gasteiger charge is -2.26. The predicted octanol–water partition coefficient (Wildman–Crippen LogP) is 3.45. The number of methoxy groups -OCH3 is 1. The van der Waals surface area contributed by atoms with Gasteiger partial charge in [-0.3, -0.25) is 9.89 Å². The number of hydrogen-bond donors (Lipinski definition) is 4. The first-order valence-corrected chi connectivity index (χ1v) is 10.1. The molecular weight excluding hydrogens is 478 g/mol. The van der Waals surface area contributed by atoms with Crippen LogP contribution in [0.4, 0.5) is 0 Å². The normalized spacial score (nSPS) is 15.5. The Labute approximate surface area is 184 Å². The second-order valence-corrected chi connectivity index (χ2v) is 7.99. The number of aromatic amines is 1. The summed E-state index contributed by atoms with van der Waals surface area (Å²) >= 11 is 9.42. The van der Waals surface area contributed by atoms with E-state index in [9.17, 15) is 20.1 Å². The van der Waals surface area contributed by atoms with Crippen LogP contribution in [0.3, 0.4) is 0 Å². The van der Waals surface area contributed by atoms with Crippen LogP contribution in [-0.4, -0.2) is 56.6 Å². The summed E-state index contributed by atoms with van der Waals surface area (Å²) in [5.41, 5.74) is 2.15. The van der Waals surface area contributed by atoms with Gasteiger partial charge in [0.1, 0.15) is 17.1 Å². The Morgan fingerprint density at radius 3 is 2.77 bits per heavy atom. The Morgan fingerprint density at radius 2 is 2.07 bits per heavy atom. The zero-order chi connectivity index (χ0) is 21.6. The van der Waals surface area contributed by atoms with Gasteiger partial charge in [0.25, 0.3) is 5.91 Å². The topological polar surface area (TPSA) is 119 Å². The maximum absolute atomic E-state index is 13.0. The first-order chi connectivity index (χ1) is 14.4. The number of rotatable bonds is 5. The third kappa shape index (κ3) is 3.19. The fourth-order valence-electron chi connectivity index (χ4n) is 3.69. The van der Waals surface area contributed by atoms with Crippen LogP contribution in [-0.2, 0) is 0 Å². The van der Waals surface area contributed by atoms with E-state index in [1.807, 2.05) is 0 Å². The van der Waals surface area contributed by atoms with Gasteiger partial charge < -0.3 is 25.0 Å². The predicted molar refractivity (Wildman–Crippen MR) is 113 cm³/mol. The molecule has 0 spiro atoms. The molecule has 1 atom stereocenters. The van der Waals surface area contributed by atoms with E-state index in [0.29, 0.717) is 31.9 Å². The standard InChI is InChI=1S/C20H17BrClN3O5/c1-30-14-7-9(6-12(21)19(14)28)18-15-16(11-8-10(22)2-3-13(11)27)23-24-17(15)20(29)25(18)4-5-26/h2-3,6-8,18,26-28H,4-5H2,1H3,(H,23,24). The number of nitrogens with zero attached hydrogens (tertiary/aromatic N) is 2. The molecule has 0 fully saturated rings. The van der Waals surface area contributed by atoms with E-state index in [-0.39, 0.29) is 42.0 Å². The van der Waals surface area contributed by atoms with E-state index in [1.54, 1.807) is 24.3 Å². The molecule has 8 nitrogen and oxygen atoms in total. The van der Waals surface area contributed by atoms with Crippen molar-refractivity contribution in [2.24, 2.45) is 0 Å². The largest absolute Gasteiger partial charge is 0.507 e. The van der Waals surface area contributed by atoms with Crippen LogP contribution >= 0.6 is 27.5 Å². The van der Waals surface area contributed by atoms with Crippen molar-refractivity contribution in [1.29, 1.82) is 0 Å². The number of ether oxygens (including phenoxy) is 1. The van der Waals surface area contributed by atoms with Gasteiger partial charge in [-0.1, -0.05) is 11.6 Å². The minimum Gasteiger partial charge on any atom is -0.507 e. The lowest BCUT2D eigenvalue weighted by atomic mass is 9.95. The summed E-state index contributed by atoms with van der Waals surface area (Å²) in [4.78, 5) is 14.5. The van der Waals surface area contributed by atoms with Crippen LogP contribution in [0.25, 0.3) is 11.3 Å². The molecule has 4 N–H and O–H groups in total. The second-order valence-electron chi connectivity index (χ2n) is 6.70. The summed E-state index contributed by atoms with van der Waals surface area (Å²) < 4.78 is 5.64. The highest BCUT2D eigenvalue weighted by atomic mass is 79.9. The van der Waals surface area contributed by atoms with E-state index in [1.165, 1.54) is 18.1 Å². The maximum Gasteiger partial charge on any atom is 0.273 e. The van der Waals surface area contributed by atoms with Gasteiger partial charge in [-0.05, 0) is 51.8 Å². The van der Waals surface area contributed by atoms with Gasteiger partial charge in [0.15, 0.2) is 11.5 Å². The molecule has 0 radical (unpaired) electrons.